The predicted octanol–water partition coefficient (Wildman–Crippen LogP) is 2.45. The Morgan fingerprint density at radius 2 is 2.06 bits per heavy atom. The summed E-state index contributed by atoms with van der Waals surface area (Å²) < 4.78 is 25.4. The fourth-order valence-electron chi connectivity index (χ4n) is 1.25. The number of carbonyl (C=O) groups is 1. The van der Waals surface area contributed by atoms with Gasteiger partial charge in [0.15, 0.2) is 11.6 Å². The Kier molecular flexibility index (Phi) is 6.68. The third-order valence-electron chi connectivity index (χ3n) is 2.12. The van der Waals surface area contributed by atoms with Crippen molar-refractivity contribution in [2.45, 2.75) is 25.8 Å². The Morgan fingerprint density at radius 1 is 1.41 bits per heavy atom. The zero-order chi connectivity index (χ0) is 12.1. The van der Waals surface area contributed by atoms with Gasteiger partial charge in [-0.05, 0) is 18.6 Å². The number of hydrogen-bond acceptors (Lipinski definition) is 2. The fourth-order valence-corrected chi connectivity index (χ4v) is 1.25. The van der Waals surface area contributed by atoms with Crippen molar-refractivity contribution in [3.8, 4) is 0 Å². The molecule has 0 saturated heterocycles. The van der Waals surface area contributed by atoms with E-state index in [2.05, 4.69) is 5.32 Å². The molecule has 0 aliphatic heterocycles. The van der Waals surface area contributed by atoms with Crippen LogP contribution < -0.4 is 11.1 Å². The maximum atomic E-state index is 12.8. The number of carbonyl (C=O) groups excluding carboxylic acids is 1. The van der Waals surface area contributed by atoms with Gasteiger partial charge in [-0.3, -0.25) is 4.79 Å². The molecule has 3 N–H and O–H groups in total. The molecule has 17 heavy (non-hydrogen) atoms. The summed E-state index contributed by atoms with van der Waals surface area (Å²) in [5.74, 6) is -2.34. The molecule has 1 atom stereocenters. The lowest BCUT2D eigenvalue weighted by molar-refractivity contribution is -0.117. The van der Waals surface area contributed by atoms with Gasteiger partial charge in [0.2, 0.25) is 5.91 Å². The van der Waals surface area contributed by atoms with Gasteiger partial charge in [-0.15, -0.1) is 12.4 Å². The minimum absolute atomic E-state index is 0. The standard InChI is InChI=1S/C11H14F2N2O.ClH/c1-2-3-10(14)11(16)15-7-4-5-8(12)9(13)6-7;/h4-6,10H,2-3,14H2,1H3,(H,15,16);1H. The quantitative estimate of drug-likeness (QED) is 0.878. The lowest BCUT2D eigenvalue weighted by atomic mass is 10.1. The Hall–Kier alpha value is -1.20. The molecule has 1 unspecified atom stereocenters. The van der Waals surface area contributed by atoms with Gasteiger partial charge >= 0.3 is 0 Å². The maximum absolute atomic E-state index is 12.8. The van der Waals surface area contributed by atoms with E-state index >= 15 is 0 Å². The normalized spacial score (nSPS) is 11.5. The van der Waals surface area contributed by atoms with E-state index in [4.69, 9.17) is 5.73 Å². The number of amides is 1. The van der Waals surface area contributed by atoms with Gasteiger partial charge in [0, 0.05) is 11.8 Å². The van der Waals surface area contributed by atoms with Crippen molar-refractivity contribution in [1.29, 1.82) is 0 Å². The average molecular weight is 265 g/mol. The molecular formula is C11H15ClF2N2O. The highest BCUT2D eigenvalue weighted by atomic mass is 35.5. The van der Waals surface area contributed by atoms with Crippen LogP contribution in [0.5, 0.6) is 0 Å². The van der Waals surface area contributed by atoms with Crippen LogP contribution in [0.15, 0.2) is 18.2 Å². The Morgan fingerprint density at radius 3 is 2.59 bits per heavy atom. The van der Waals surface area contributed by atoms with Crippen molar-refractivity contribution in [3.63, 3.8) is 0 Å². The molecule has 0 heterocycles. The lowest BCUT2D eigenvalue weighted by Crippen LogP contribution is -2.35. The summed E-state index contributed by atoms with van der Waals surface area (Å²) in [6.45, 7) is 1.91. The molecule has 1 amide bonds. The summed E-state index contributed by atoms with van der Waals surface area (Å²) in [4.78, 5) is 11.4. The molecule has 0 aliphatic carbocycles. The van der Waals surface area contributed by atoms with E-state index in [1.54, 1.807) is 0 Å². The molecule has 6 heteroatoms. The molecule has 0 bridgehead atoms. The van der Waals surface area contributed by atoms with E-state index in [0.29, 0.717) is 6.42 Å². The first-order valence-corrected chi connectivity index (χ1v) is 5.06. The number of nitrogens with two attached hydrogens (primary N) is 1. The summed E-state index contributed by atoms with van der Waals surface area (Å²) in [5.41, 5.74) is 5.77. The second kappa shape index (κ2) is 7.19. The summed E-state index contributed by atoms with van der Waals surface area (Å²) in [6, 6.07) is 2.54. The van der Waals surface area contributed by atoms with Crippen molar-refractivity contribution in [1.82, 2.24) is 0 Å². The van der Waals surface area contributed by atoms with E-state index < -0.39 is 23.6 Å². The van der Waals surface area contributed by atoms with Crippen LogP contribution in [-0.4, -0.2) is 11.9 Å². The van der Waals surface area contributed by atoms with Crippen molar-refractivity contribution < 1.29 is 13.6 Å². The second-order valence-corrected chi connectivity index (χ2v) is 3.51. The van der Waals surface area contributed by atoms with E-state index in [1.807, 2.05) is 6.92 Å². The van der Waals surface area contributed by atoms with Crippen LogP contribution in [0.25, 0.3) is 0 Å². The van der Waals surface area contributed by atoms with Crippen molar-refractivity contribution in [3.05, 3.63) is 29.8 Å². The highest BCUT2D eigenvalue weighted by Gasteiger charge is 2.13. The van der Waals surface area contributed by atoms with Gasteiger partial charge in [0.25, 0.3) is 0 Å². The van der Waals surface area contributed by atoms with E-state index in [1.165, 1.54) is 6.07 Å². The van der Waals surface area contributed by atoms with Crippen LogP contribution in [0.2, 0.25) is 0 Å². The number of hydrogen-bond donors (Lipinski definition) is 2. The van der Waals surface area contributed by atoms with E-state index in [9.17, 15) is 13.6 Å². The maximum Gasteiger partial charge on any atom is 0.241 e. The molecular weight excluding hydrogens is 250 g/mol. The van der Waals surface area contributed by atoms with Gasteiger partial charge in [-0.1, -0.05) is 13.3 Å². The van der Waals surface area contributed by atoms with Gasteiger partial charge in [0.05, 0.1) is 6.04 Å². The van der Waals surface area contributed by atoms with Gasteiger partial charge in [-0.2, -0.15) is 0 Å². The molecule has 0 fully saturated rings. The lowest BCUT2D eigenvalue weighted by Gasteiger charge is -2.11. The fraction of sp³-hybridized carbons (Fsp3) is 0.364. The van der Waals surface area contributed by atoms with Crippen LogP contribution in [0.3, 0.4) is 0 Å². The highest BCUT2D eigenvalue weighted by molar-refractivity contribution is 5.94. The number of anilines is 1. The summed E-state index contributed by atoms with van der Waals surface area (Å²) in [5, 5.41) is 2.42. The number of halogens is 3. The molecule has 1 aromatic rings. The molecule has 96 valence electrons. The van der Waals surface area contributed by atoms with Crippen LogP contribution in [0.1, 0.15) is 19.8 Å². The predicted molar refractivity (Wildman–Crippen MR) is 65.1 cm³/mol. The number of benzene rings is 1. The zero-order valence-electron chi connectivity index (χ0n) is 9.37. The largest absolute Gasteiger partial charge is 0.325 e. The van der Waals surface area contributed by atoms with Gasteiger partial charge < -0.3 is 11.1 Å². The zero-order valence-corrected chi connectivity index (χ0v) is 10.2. The van der Waals surface area contributed by atoms with Gasteiger partial charge in [-0.25, -0.2) is 8.78 Å². The molecule has 0 saturated carbocycles. The highest BCUT2D eigenvalue weighted by Crippen LogP contribution is 2.13. The monoisotopic (exact) mass is 264 g/mol. The molecule has 0 aliphatic rings. The Balaban J connectivity index is 0.00000256. The smallest absolute Gasteiger partial charge is 0.241 e. The minimum Gasteiger partial charge on any atom is -0.325 e. The van der Waals surface area contributed by atoms with E-state index in [0.717, 1.165) is 18.6 Å². The topological polar surface area (TPSA) is 55.1 Å². The van der Waals surface area contributed by atoms with Crippen molar-refractivity contribution >= 4 is 24.0 Å². The Labute approximate surface area is 105 Å². The summed E-state index contributed by atoms with van der Waals surface area (Å²) in [7, 11) is 0. The molecule has 0 spiro atoms. The molecule has 0 aromatic heterocycles. The minimum atomic E-state index is -0.998. The summed E-state index contributed by atoms with van der Waals surface area (Å²) in [6.07, 6.45) is 1.34. The van der Waals surface area contributed by atoms with Crippen LogP contribution in [-0.2, 0) is 4.79 Å². The Bertz CT molecular complexity index is 388. The number of nitrogens with one attached hydrogen (secondary N) is 1. The van der Waals surface area contributed by atoms with Crippen molar-refractivity contribution in [2.24, 2.45) is 5.73 Å². The van der Waals surface area contributed by atoms with Crippen molar-refractivity contribution in [2.75, 3.05) is 5.32 Å². The number of rotatable bonds is 4. The molecule has 1 aromatic carbocycles. The molecule has 3 nitrogen and oxygen atoms in total. The van der Waals surface area contributed by atoms with E-state index in [-0.39, 0.29) is 18.1 Å². The third kappa shape index (κ3) is 4.66. The third-order valence-corrected chi connectivity index (χ3v) is 2.12. The van der Waals surface area contributed by atoms with Gasteiger partial charge in [0.1, 0.15) is 0 Å². The summed E-state index contributed by atoms with van der Waals surface area (Å²) >= 11 is 0. The van der Waals surface area contributed by atoms with Crippen LogP contribution in [0, 0.1) is 11.6 Å². The van der Waals surface area contributed by atoms with Crippen LogP contribution in [0.4, 0.5) is 14.5 Å². The first-order chi connectivity index (χ1) is 7.54. The first-order valence-electron chi connectivity index (χ1n) is 5.06. The second-order valence-electron chi connectivity index (χ2n) is 3.51. The molecule has 1 rings (SSSR count). The van der Waals surface area contributed by atoms with Crippen LogP contribution >= 0.6 is 12.4 Å². The SMILES string of the molecule is CCCC(N)C(=O)Nc1ccc(F)c(F)c1.Cl. The first kappa shape index (κ1) is 15.8. The average Bonchev–Trinajstić information content (AvgIpc) is 2.24. The molecule has 0 radical (unpaired) electrons.